The molecule has 1 fully saturated rings. The summed E-state index contributed by atoms with van der Waals surface area (Å²) in [5, 5.41) is 3.72. The van der Waals surface area contributed by atoms with E-state index in [0.29, 0.717) is 10.8 Å². The van der Waals surface area contributed by atoms with E-state index >= 15 is 0 Å². The normalized spacial score (nSPS) is 20.1. The van der Waals surface area contributed by atoms with Crippen molar-refractivity contribution >= 4 is 0 Å². The van der Waals surface area contributed by atoms with Gasteiger partial charge in [0.15, 0.2) is 0 Å². The summed E-state index contributed by atoms with van der Waals surface area (Å²) >= 11 is 0. The molecule has 1 heterocycles. The first kappa shape index (κ1) is 19.0. The molecule has 21 heavy (non-hydrogen) atoms. The maximum Gasteiger partial charge on any atom is 0.00499 e. The van der Waals surface area contributed by atoms with E-state index in [-0.39, 0.29) is 0 Å². The first-order valence-electron chi connectivity index (χ1n) is 9.31. The fourth-order valence-corrected chi connectivity index (χ4v) is 3.48. The largest absolute Gasteiger partial charge is 0.316 e. The highest BCUT2D eigenvalue weighted by atomic mass is 15.1. The van der Waals surface area contributed by atoms with Gasteiger partial charge in [-0.25, -0.2) is 0 Å². The Labute approximate surface area is 134 Å². The topological polar surface area (TPSA) is 15.3 Å². The van der Waals surface area contributed by atoms with E-state index in [1.807, 2.05) is 0 Å². The van der Waals surface area contributed by atoms with Gasteiger partial charge in [0, 0.05) is 13.1 Å². The van der Waals surface area contributed by atoms with Gasteiger partial charge in [0.2, 0.25) is 0 Å². The summed E-state index contributed by atoms with van der Waals surface area (Å²) < 4.78 is 0. The SMILES string of the molecule is CCC1(C)CCN(CC(CC)(CC)CNCC(C)C)CC1. The van der Waals surface area contributed by atoms with Gasteiger partial charge in [0.1, 0.15) is 0 Å². The predicted molar refractivity (Wildman–Crippen MR) is 94.8 cm³/mol. The second-order valence-electron chi connectivity index (χ2n) is 8.17. The third kappa shape index (κ3) is 5.90. The lowest BCUT2D eigenvalue weighted by Crippen LogP contribution is -2.48. The highest BCUT2D eigenvalue weighted by Gasteiger charge is 2.33. The van der Waals surface area contributed by atoms with Gasteiger partial charge in [-0.2, -0.15) is 0 Å². The molecule has 1 rings (SSSR count). The van der Waals surface area contributed by atoms with E-state index in [9.17, 15) is 0 Å². The lowest BCUT2D eigenvalue weighted by Gasteiger charge is -2.44. The summed E-state index contributed by atoms with van der Waals surface area (Å²) in [6.45, 7) is 20.4. The maximum atomic E-state index is 3.72. The number of piperidine rings is 1. The Morgan fingerprint density at radius 3 is 2.10 bits per heavy atom. The molecule has 0 aromatic rings. The molecule has 1 aliphatic heterocycles. The van der Waals surface area contributed by atoms with Crippen molar-refractivity contribution in [2.24, 2.45) is 16.7 Å². The van der Waals surface area contributed by atoms with Gasteiger partial charge < -0.3 is 10.2 Å². The second-order valence-corrected chi connectivity index (χ2v) is 8.17. The van der Waals surface area contributed by atoms with E-state index in [0.717, 1.165) is 12.5 Å². The molecule has 0 atom stereocenters. The van der Waals surface area contributed by atoms with E-state index < -0.39 is 0 Å². The standard InChI is InChI=1S/C19H40N2/c1-7-18(6)10-12-21(13-11-18)16-19(8-2,9-3)15-20-14-17(4)5/h17,20H,7-16H2,1-6H3. The molecule has 0 aliphatic carbocycles. The molecular formula is C19H40N2. The highest BCUT2D eigenvalue weighted by molar-refractivity contribution is 4.87. The number of rotatable bonds is 9. The Bertz CT molecular complexity index is 273. The highest BCUT2D eigenvalue weighted by Crippen LogP contribution is 2.36. The average Bonchev–Trinajstić information content (AvgIpc) is 2.48. The van der Waals surface area contributed by atoms with Crippen molar-refractivity contribution in [2.75, 3.05) is 32.7 Å². The Balaban J connectivity index is 2.50. The minimum atomic E-state index is 0.467. The van der Waals surface area contributed by atoms with E-state index in [2.05, 4.69) is 51.8 Å². The Hall–Kier alpha value is -0.0800. The maximum absolute atomic E-state index is 3.72. The lowest BCUT2D eigenvalue weighted by molar-refractivity contribution is 0.0663. The van der Waals surface area contributed by atoms with Crippen molar-refractivity contribution in [2.45, 2.75) is 73.6 Å². The molecule has 2 nitrogen and oxygen atoms in total. The van der Waals surface area contributed by atoms with Crippen molar-refractivity contribution in [3.8, 4) is 0 Å². The zero-order valence-electron chi connectivity index (χ0n) is 15.6. The van der Waals surface area contributed by atoms with Gasteiger partial charge in [-0.3, -0.25) is 0 Å². The monoisotopic (exact) mass is 296 g/mol. The molecular weight excluding hydrogens is 256 g/mol. The second kappa shape index (κ2) is 8.53. The predicted octanol–water partition coefficient (Wildman–Crippen LogP) is 4.55. The molecule has 1 N–H and O–H groups in total. The summed E-state index contributed by atoms with van der Waals surface area (Å²) in [5.74, 6) is 0.747. The van der Waals surface area contributed by atoms with Crippen LogP contribution in [0.15, 0.2) is 0 Å². The molecule has 0 aromatic carbocycles. The van der Waals surface area contributed by atoms with Crippen molar-refractivity contribution < 1.29 is 0 Å². The van der Waals surface area contributed by atoms with E-state index in [1.165, 1.54) is 58.3 Å². The number of hydrogen-bond donors (Lipinski definition) is 1. The molecule has 0 bridgehead atoms. The first-order valence-corrected chi connectivity index (χ1v) is 9.31. The zero-order chi connectivity index (χ0) is 15.9. The minimum Gasteiger partial charge on any atom is -0.316 e. The molecule has 1 saturated heterocycles. The van der Waals surface area contributed by atoms with Crippen molar-refractivity contribution in [3.05, 3.63) is 0 Å². The first-order chi connectivity index (χ1) is 9.88. The Morgan fingerprint density at radius 2 is 1.67 bits per heavy atom. The number of nitrogens with one attached hydrogen (secondary N) is 1. The van der Waals surface area contributed by atoms with Gasteiger partial charge in [-0.05, 0) is 62.1 Å². The molecule has 1 aliphatic rings. The Morgan fingerprint density at radius 1 is 1.10 bits per heavy atom. The van der Waals surface area contributed by atoms with Crippen molar-refractivity contribution in [1.82, 2.24) is 10.2 Å². The van der Waals surface area contributed by atoms with Crippen LogP contribution in [0.3, 0.4) is 0 Å². The molecule has 0 saturated carbocycles. The Kier molecular flexibility index (Phi) is 7.70. The molecule has 0 amide bonds. The fraction of sp³-hybridized carbons (Fsp3) is 1.00. The van der Waals surface area contributed by atoms with Crippen LogP contribution >= 0.6 is 0 Å². The van der Waals surface area contributed by atoms with Crippen LogP contribution in [-0.2, 0) is 0 Å². The van der Waals surface area contributed by atoms with Crippen LogP contribution in [0.4, 0.5) is 0 Å². The number of likely N-dealkylation sites (tertiary alicyclic amines) is 1. The van der Waals surface area contributed by atoms with Crippen molar-refractivity contribution in [3.63, 3.8) is 0 Å². The minimum absolute atomic E-state index is 0.467. The molecule has 0 radical (unpaired) electrons. The van der Waals surface area contributed by atoms with Crippen LogP contribution in [0.2, 0.25) is 0 Å². The summed E-state index contributed by atoms with van der Waals surface area (Å²) in [6, 6.07) is 0. The smallest absolute Gasteiger partial charge is 0.00499 e. The van der Waals surface area contributed by atoms with E-state index in [4.69, 9.17) is 0 Å². The van der Waals surface area contributed by atoms with Crippen LogP contribution in [0.5, 0.6) is 0 Å². The van der Waals surface area contributed by atoms with Crippen LogP contribution in [0.25, 0.3) is 0 Å². The quantitative estimate of drug-likeness (QED) is 0.671. The van der Waals surface area contributed by atoms with Crippen LogP contribution in [0, 0.1) is 16.7 Å². The summed E-state index contributed by atoms with van der Waals surface area (Å²) in [7, 11) is 0. The van der Waals surface area contributed by atoms with Gasteiger partial charge in [-0.15, -0.1) is 0 Å². The lowest BCUT2D eigenvalue weighted by atomic mass is 9.76. The third-order valence-corrected chi connectivity index (χ3v) is 6.03. The van der Waals surface area contributed by atoms with Crippen molar-refractivity contribution in [1.29, 1.82) is 0 Å². The molecule has 126 valence electrons. The summed E-state index contributed by atoms with van der Waals surface area (Å²) in [5.41, 5.74) is 1.07. The number of hydrogen-bond acceptors (Lipinski definition) is 2. The summed E-state index contributed by atoms with van der Waals surface area (Å²) in [4.78, 5) is 2.74. The zero-order valence-corrected chi connectivity index (χ0v) is 15.6. The van der Waals surface area contributed by atoms with Gasteiger partial charge in [0.05, 0.1) is 0 Å². The van der Waals surface area contributed by atoms with Gasteiger partial charge in [-0.1, -0.05) is 48.0 Å². The van der Waals surface area contributed by atoms with Gasteiger partial charge in [0.25, 0.3) is 0 Å². The van der Waals surface area contributed by atoms with Crippen LogP contribution in [0.1, 0.15) is 73.6 Å². The van der Waals surface area contributed by atoms with Gasteiger partial charge >= 0.3 is 0 Å². The molecule has 0 spiro atoms. The van der Waals surface area contributed by atoms with E-state index in [1.54, 1.807) is 0 Å². The molecule has 2 heteroatoms. The number of nitrogens with zero attached hydrogens (tertiary/aromatic N) is 1. The molecule has 0 unspecified atom stereocenters. The molecule has 0 aromatic heterocycles. The average molecular weight is 297 g/mol. The fourth-order valence-electron chi connectivity index (χ4n) is 3.48. The third-order valence-electron chi connectivity index (χ3n) is 6.03. The van der Waals surface area contributed by atoms with Crippen LogP contribution in [-0.4, -0.2) is 37.6 Å². The van der Waals surface area contributed by atoms with Crippen LogP contribution < -0.4 is 5.32 Å². The summed E-state index contributed by atoms with van der Waals surface area (Å²) in [6.07, 6.45) is 6.68.